The Bertz CT molecular complexity index is 836. The number of hydrogen-bond acceptors (Lipinski definition) is 6. The lowest BCUT2D eigenvalue weighted by Gasteiger charge is -2.36. The highest BCUT2D eigenvalue weighted by atomic mass is 16.5. The molecule has 0 bridgehead atoms. The lowest BCUT2D eigenvalue weighted by atomic mass is 9.83. The average Bonchev–Trinajstić information content (AvgIpc) is 2.58. The molecule has 6 nitrogen and oxygen atoms in total. The third-order valence-electron chi connectivity index (χ3n) is 5.33. The highest BCUT2D eigenvalue weighted by Gasteiger charge is 2.41. The van der Waals surface area contributed by atoms with E-state index in [0.29, 0.717) is 22.6 Å². The molecule has 0 fully saturated rings. The molecule has 146 valence electrons. The number of ketones is 1. The SMILES string of the molecule is COC(=O)CC(C)c1c2c(c(O)c3c1OC(C)C(C)C3=O)C=CC(C)(C)O2. The minimum atomic E-state index is -0.592. The Morgan fingerprint density at radius 3 is 2.63 bits per heavy atom. The van der Waals surface area contributed by atoms with Gasteiger partial charge in [0.05, 0.1) is 25.0 Å². The number of hydrogen-bond donors (Lipinski definition) is 1. The second kappa shape index (κ2) is 6.59. The summed E-state index contributed by atoms with van der Waals surface area (Å²) in [5.41, 5.74) is 0.635. The van der Waals surface area contributed by atoms with E-state index in [4.69, 9.17) is 14.2 Å². The Kier molecular flexibility index (Phi) is 4.70. The minimum absolute atomic E-state index is 0.106. The summed E-state index contributed by atoms with van der Waals surface area (Å²) in [6.07, 6.45) is 3.35. The van der Waals surface area contributed by atoms with Crippen LogP contribution in [0.15, 0.2) is 6.08 Å². The summed E-state index contributed by atoms with van der Waals surface area (Å²) in [6.45, 7) is 9.25. The highest BCUT2D eigenvalue weighted by Crippen LogP contribution is 2.52. The van der Waals surface area contributed by atoms with E-state index in [1.165, 1.54) is 7.11 Å². The van der Waals surface area contributed by atoms with Crippen LogP contribution in [0.25, 0.3) is 6.08 Å². The predicted octanol–water partition coefficient (Wildman–Crippen LogP) is 3.84. The number of Topliss-reactive ketones (excluding diaryl/α,β-unsaturated/α-hetero) is 1. The summed E-state index contributed by atoms with van der Waals surface area (Å²) in [6, 6.07) is 0. The first-order chi connectivity index (χ1) is 12.6. The molecule has 27 heavy (non-hydrogen) atoms. The van der Waals surface area contributed by atoms with Crippen molar-refractivity contribution in [1.29, 1.82) is 0 Å². The summed E-state index contributed by atoms with van der Waals surface area (Å²) in [4.78, 5) is 24.8. The normalized spacial score (nSPS) is 23.6. The summed E-state index contributed by atoms with van der Waals surface area (Å²) >= 11 is 0. The monoisotopic (exact) mass is 374 g/mol. The van der Waals surface area contributed by atoms with Gasteiger partial charge < -0.3 is 19.3 Å². The van der Waals surface area contributed by atoms with Crippen molar-refractivity contribution in [2.75, 3.05) is 7.11 Å². The lowest BCUT2D eigenvalue weighted by Crippen LogP contribution is -2.35. The third-order valence-corrected chi connectivity index (χ3v) is 5.33. The number of methoxy groups -OCH3 is 1. The number of phenols is 1. The number of rotatable bonds is 3. The lowest BCUT2D eigenvalue weighted by molar-refractivity contribution is -0.140. The summed E-state index contributed by atoms with van der Waals surface area (Å²) in [7, 11) is 1.34. The van der Waals surface area contributed by atoms with Crippen molar-refractivity contribution in [2.24, 2.45) is 5.92 Å². The Morgan fingerprint density at radius 1 is 1.33 bits per heavy atom. The van der Waals surface area contributed by atoms with Gasteiger partial charge in [-0.15, -0.1) is 0 Å². The van der Waals surface area contributed by atoms with E-state index in [2.05, 4.69) is 0 Å². The molecule has 2 heterocycles. The van der Waals surface area contributed by atoms with Gasteiger partial charge in [-0.2, -0.15) is 0 Å². The van der Waals surface area contributed by atoms with E-state index in [1.54, 1.807) is 13.0 Å². The number of fused-ring (bicyclic) bond motifs is 2. The third kappa shape index (κ3) is 3.17. The molecule has 2 aliphatic rings. The van der Waals surface area contributed by atoms with Crippen LogP contribution in [0.2, 0.25) is 0 Å². The van der Waals surface area contributed by atoms with Crippen LogP contribution in [0.4, 0.5) is 0 Å². The van der Waals surface area contributed by atoms with Crippen molar-refractivity contribution in [3.63, 3.8) is 0 Å². The van der Waals surface area contributed by atoms with E-state index in [-0.39, 0.29) is 47.4 Å². The fourth-order valence-electron chi connectivity index (χ4n) is 3.54. The van der Waals surface area contributed by atoms with Crippen molar-refractivity contribution in [3.05, 3.63) is 22.8 Å². The molecule has 1 aromatic carbocycles. The first-order valence-corrected chi connectivity index (χ1v) is 9.16. The molecular weight excluding hydrogens is 348 g/mol. The molecule has 2 aliphatic heterocycles. The number of esters is 1. The van der Waals surface area contributed by atoms with Crippen molar-refractivity contribution in [2.45, 2.75) is 58.7 Å². The molecule has 0 spiro atoms. The molecule has 0 aliphatic carbocycles. The predicted molar refractivity (Wildman–Crippen MR) is 100 cm³/mol. The van der Waals surface area contributed by atoms with Crippen LogP contribution in [0.5, 0.6) is 17.2 Å². The van der Waals surface area contributed by atoms with Gasteiger partial charge in [0.2, 0.25) is 0 Å². The minimum Gasteiger partial charge on any atom is -0.506 e. The second-order valence-electron chi connectivity index (χ2n) is 7.91. The van der Waals surface area contributed by atoms with Gasteiger partial charge in [0.1, 0.15) is 34.5 Å². The van der Waals surface area contributed by atoms with E-state index in [0.717, 1.165) is 0 Å². The average molecular weight is 374 g/mol. The Morgan fingerprint density at radius 2 is 2.00 bits per heavy atom. The maximum atomic E-state index is 12.9. The topological polar surface area (TPSA) is 82.1 Å². The standard InChI is InChI=1S/C21H26O6/c1-10(9-14(22)25-6)15-19-13(7-8-21(4,5)27-19)18(24)16-17(23)11(2)12(3)26-20(15)16/h7-8,10-12,24H,9H2,1-6H3. The fourth-order valence-corrected chi connectivity index (χ4v) is 3.54. The Hall–Kier alpha value is -2.50. The zero-order chi connectivity index (χ0) is 20.1. The number of carbonyl (C=O) groups is 2. The van der Waals surface area contributed by atoms with Gasteiger partial charge in [-0.3, -0.25) is 9.59 Å². The van der Waals surface area contributed by atoms with Gasteiger partial charge in [0.15, 0.2) is 5.78 Å². The van der Waals surface area contributed by atoms with E-state index >= 15 is 0 Å². The number of benzene rings is 1. The van der Waals surface area contributed by atoms with Crippen LogP contribution in [0.1, 0.15) is 68.4 Å². The molecule has 1 N–H and O–H groups in total. The maximum Gasteiger partial charge on any atom is 0.306 e. The highest BCUT2D eigenvalue weighted by molar-refractivity contribution is 6.06. The van der Waals surface area contributed by atoms with Crippen molar-refractivity contribution in [1.82, 2.24) is 0 Å². The van der Waals surface area contributed by atoms with Gasteiger partial charge in [-0.25, -0.2) is 0 Å². The Labute approximate surface area is 159 Å². The van der Waals surface area contributed by atoms with Gasteiger partial charge in [-0.05, 0) is 38.8 Å². The smallest absolute Gasteiger partial charge is 0.306 e. The molecule has 0 saturated carbocycles. The van der Waals surface area contributed by atoms with Crippen LogP contribution in [0.3, 0.4) is 0 Å². The van der Waals surface area contributed by atoms with E-state index in [1.807, 2.05) is 33.8 Å². The van der Waals surface area contributed by atoms with Crippen LogP contribution >= 0.6 is 0 Å². The molecule has 0 radical (unpaired) electrons. The van der Waals surface area contributed by atoms with Crippen molar-refractivity contribution < 1.29 is 28.9 Å². The van der Waals surface area contributed by atoms with Gasteiger partial charge in [-0.1, -0.05) is 13.8 Å². The first kappa shape index (κ1) is 19.3. The van der Waals surface area contributed by atoms with Crippen LogP contribution in [-0.2, 0) is 9.53 Å². The Balaban J connectivity index is 2.28. The van der Waals surface area contributed by atoms with Gasteiger partial charge >= 0.3 is 5.97 Å². The fraction of sp³-hybridized carbons (Fsp3) is 0.524. The molecule has 1 aromatic rings. The summed E-state index contributed by atoms with van der Waals surface area (Å²) < 4.78 is 17.0. The zero-order valence-electron chi connectivity index (χ0n) is 16.6. The molecular formula is C21H26O6. The molecule has 3 atom stereocenters. The number of carbonyl (C=O) groups excluding carboxylic acids is 2. The van der Waals surface area contributed by atoms with E-state index < -0.39 is 5.60 Å². The molecule has 6 heteroatoms. The molecule has 0 aromatic heterocycles. The maximum absolute atomic E-state index is 12.9. The van der Waals surface area contributed by atoms with Gasteiger partial charge in [0, 0.05) is 5.56 Å². The second-order valence-corrected chi connectivity index (χ2v) is 7.91. The number of phenolic OH excluding ortho intramolecular Hbond substituents is 1. The number of ether oxygens (including phenoxy) is 3. The largest absolute Gasteiger partial charge is 0.506 e. The van der Waals surface area contributed by atoms with Crippen molar-refractivity contribution >= 4 is 17.8 Å². The molecule has 0 saturated heterocycles. The number of aromatic hydroxyl groups is 1. The van der Waals surface area contributed by atoms with Gasteiger partial charge in [0.25, 0.3) is 0 Å². The molecule has 3 rings (SSSR count). The summed E-state index contributed by atoms with van der Waals surface area (Å²) in [5.74, 6) is -0.619. The zero-order valence-corrected chi connectivity index (χ0v) is 16.6. The van der Waals surface area contributed by atoms with Crippen molar-refractivity contribution in [3.8, 4) is 17.2 Å². The quantitative estimate of drug-likeness (QED) is 0.810. The van der Waals surface area contributed by atoms with Crippen LogP contribution in [-0.4, -0.2) is 35.7 Å². The molecule has 0 amide bonds. The summed E-state index contributed by atoms with van der Waals surface area (Å²) in [5, 5.41) is 10.8. The van der Waals surface area contributed by atoms with Crippen LogP contribution in [0, 0.1) is 5.92 Å². The van der Waals surface area contributed by atoms with E-state index in [9.17, 15) is 14.7 Å². The van der Waals surface area contributed by atoms with Crippen LogP contribution < -0.4 is 9.47 Å². The molecule has 3 unspecified atom stereocenters. The first-order valence-electron chi connectivity index (χ1n) is 9.16.